The predicted molar refractivity (Wildman–Crippen MR) is 94.8 cm³/mol. The Hall–Kier alpha value is -1.86. The number of halogens is 1. The van der Waals surface area contributed by atoms with Gasteiger partial charge < -0.3 is 14.6 Å². The molecule has 25 heavy (non-hydrogen) atoms. The average molecular weight is 389 g/mol. The number of aliphatic hydroxyl groups is 1. The number of allylic oxidation sites excluding steroid dienone is 1. The Morgan fingerprint density at radius 3 is 2.20 bits per heavy atom. The molecule has 2 atom stereocenters. The Morgan fingerprint density at radius 2 is 1.80 bits per heavy atom. The van der Waals surface area contributed by atoms with Crippen LogP contribution in [0.4, 0.5) is 0 Å². The van der Waals surface area contributed by atoms with Gasteiger partial charge in [-0.15, -0.1) is 11.3 Å². The Morgan fingerprint density at radius 1 is 1.20 bits per heavy atom. The van der Waals surface area contributed by atoms with Crippen LogP contribution in [-0.4, -0.2) is 36.0 Å². The molecule has 2 unspecified atom stereocenters. The summed E-state index contributed by atoms with van der Waals surface area (Å²) in [5.74, 6) is -4.86. The summed E-state index contributed by atoms with van der Waals surface area (Å²) in [6.45, 7) is 5.90. The molecule has 0 spiro atoms. The molecule has 0 saturated carbocycles. The van der Waals surface area contributed by atoms with Crippen molar-refractivity contribution in [2.45, 2.75) is 33.6 Å². The highest BCUT2D eigenvalue weighted by Gasteiger charge is 2.42. The lowest BCUT2D eigenvalue weighted by molar-refractivity contribution is -0.151. The van der Waals surface area contributed by atoms with Crippen molar-refractivity contribution in [2.75, 3.05) is 13.2 Å². The second kappa shape index (κ2) is 9.58. The topological polar surface area (TPSA) is 89.9 Å². The van der Waals surface area contributed by atoms with E-state index in [0.717, 1.165) is 0 Å². The van der Waals surface area contributed by atoms with E-state index in [0.29, 0.717) is 4.88 Å². The standard InChI is InChI=1S/C17H21ClO6S/c1-5-23-16(21)12(9(3)19)14(15-11(18)7-8-25-15)13(10(4)20)17(22)24-6-2/h7-8,12,14,20H,5-6H2,1-4H3. The van der Waals surface area contributed by atoms with Crippen LogP contribution in [0.15, 0.2) is 22.8 Å². The molecule has 8 heteroatoms. The minimum atomic E-state index is -1.32. The van der Waals surface area contributed by atoms with Gasteiger partial charge in [0, 0.05) is 4.88 Å². The third-order valence-electron chi connectivity index (χ3n) is 3.44. The van der Waals surface area contributed by atoms with Crippen LogP contribution in [0.1, 0.15) is 38.5 Å². The zero-order valence-electron chi connectivity index (χ0n) is 14.5. The van der Waals surface area contributed by atoms with Gasteiger partial charge in [-0.1, -0.05) is 11.6 Å². The minimum absolute atomic E-state index is 0.0735. The number of hydrogen-bond acceptors (Lipinski definition) is 7. The Kier molecular flexibility index (Phi) is 8.12. The van der Waals surface area contributed by atoms with Crippen LogP contribution in [0.3, 0.4) is 0 Å². The average Bonchev–Trinajstić information content (AvgIpc) is 2.92. The molecule has 1 heterocycles. The molecule has 0 aliphatic rings. The molecule has 0 aromatic carbocycles. The number of aliphatic hydroxyl groups excluding tert-OH is 1. The van der Waals surface area contributed by atoms with Crippen molar-refractivity contribution in [3.8, 4) is 0 Å². The number of esters is 2. The van der Waals surface area contributed by atoms with Gasteiger partial charge in [0.2, 0.25) is 0 Å². The number of carbonyl (C=O) groups excluding carboxylic acids is 3. The molecule has 0 radical (unpaired) electrons. The molecule has 1 aromatic heterocycles. The first-order valence-corrected chi connectivity index (χ1v) is 8.98. The molecule has 0 bridgehead atoms. The first-order valence-electron chi connectivity index (χ1n) is 7.72. The van der Waals surface area contributed by atoms with E-state index < -0.39 is 29.6 Å². The molecule has 1 aromatic rings. The van der Waals surface area contributed by atoms with E-state index in [1.807, 2.05) is 0 Å². The molecule has 138 valence electrons. The van der Waals surface area contributed by atoms with Crippen LogP contribution in [0, 0.1) is 5.92 Å². The normalized spacial score (nSPS) is 14.3. The van der Waals surface area contributed by atoms with E-state index in [1.165, 1.54) is 25.2 Å². The second-order valence-corrected chi connectivity index (χ2v) is 6.53. The summed E-state index contributed by atoms with van der Waals surface area (Å²) in [7, 11) is 0. The molecule has 1 N–H and O–H groups in total. The maximum absolute atomic E-state index is 12.4. The zero-order valence-corrected chi connectivity index (χ0v) is 16.1. The lowest BCUT2D eigenvalue weighted by Gasteiger charge is -2.25. The van der Waals surface area contributed by atoms with Crippen molar-refractivity contribution in [3.63, 3.8) is 0 Å². The lowest BCUT2D eigenvalue weighted by Crippen LogP contribution is -2.34. The van der Waals surface area contributed by atoms with Crippen molar-refractivity contribution in [1.82, 2.24) is 0 Å². The summed E-state index contributed by atoms with van der Waals surface area (Å²) in [5.41, 5.74) is -0.181. The molecule has 0 aliphatic heterocycles. The van der Waals surface area contributed by atoms with Crippen molar-refractivity contribution in [1.29, 1.82) is 0 Å². The number of ether oxygens (including phenoxy) is 2. The van der Waals surface area contributed by atoms with Crippen LogP contribution < -0.4 is 0 Å². The van der Waals surface area contributed by atoms with E-state index in [4.69, 9.17) is 21.1 Å². The zero-order chi connectivity index (χ0) is 19.1. The third-order valence-corrected chi connectivity index (χ3v) is 4.88. The van der Waals surface area contributed by atoms with Crippen LogP contribution in [0.2, 0.25) is 5.02 Å². The Bertz CT molecular complexity index is 674. The highest BCUT2D eigenvalue weighted by Crippen LogP contribution is 2.42. The summed E-state index contributed by atoms with van der Waals surface area (Å²) in [6.07, 6.45) is 0. The number of rotatable bonds is 8. The number of hydrogen-bond donors (Lipinski definition) is 1. The second-order valence-electron chi connectivity index (χ2n) is 5.17. The number of carbonyl (C=O) groups is 3. The van der Waals surface area contributed by atoms with E-state index in [1.54, 1.807) is 25.3 Å². The summed E-state index contributed by atoms with van der Waals surface area (Å²) < 4.78 is 9.99. The predicted octanol–water partition coefficient (Wildman–Crippen LogP) is 3.65. The monoisotopic (exact) mass is 388 g/mol. The molecular weight excluding hydrogens is 368 g/mol. The van der Waals surface area contributed by atoms with Crippen LogP contribution in [-0.2, 0) is 23.9 Å². The van der Waals surface area contributed by atoms with Gasteiger partial charge in [0.1, 0.15) is 17.5 Å². The van der Waals surface area contributed by atoms with Gasteiger partial charge in [-0.3, -0.25) is 9.59 Å². The molecule has 0 amide bonds. The first-order chi connectivity index (χ1) is 11.8. The van der Waals surface area contributed by atoms with Gasteiger partial charge in [-0.2, -0.15) is 0 Å². The lowest BCUT2D eigenvalue weighted by atomic mass is 9.81. The quantitative estimate of drug-likeness (QED) is 0.316. The fraction of sp³-hybridized carbons (Fsp3) is 0.471. The summed E-state index contributed by atoms with van der Waals surface area (Å²) in [4.78, 5) is 37.4. The van der Waals surface area contributed by atoms with Gasteiger partial charge >= 0.3 is 11.9 Å². The van der Waals surface area contributed by atoms with E-state index >= 15 is 0 Å². The molecule has 6 nitrogen and oxygen atoms in total. The largest absolute Gasteiger partial charge is 0.512 e. The van der Waals surface area contributed by atoms with Gasteiger partial charge in [-0.25, -0.2) is 4.79 Å². The molecule has 1 rings (SSSR count). The number of Topliss-reactive ketones (excluding diaryl/α,β-unsaturated/α-hetero) is 1. The van der Waals surface area contributed by atoms with Crippen LogP contribution in [0.5, 0.6) is 0 Å². The van der Waals surface area contributed by atoms with Gasteiger partial charge in [0.15, 0.2) is 0 Å². The molecule has 0 saturated heterocycles. The fourth-order valence-electron chi connectivity index (χ4n) is 2.45. The van der Waals surface area contributed by atoms with Gasteiger partial charge in [0.25, 0.3) is 0 Å². The summed E-state index contributed by atoms with van der Waals surface area (Å²) >= 11 is 7.36. The van der Waals surface area contributed by atoms with Crippen molar-refractivity contribution in [2.24, 2.45) is 5.92 Å². The SMILES string of the molecule is CCOC(=O)C(=C(C)O)C(c1sccc1Cl)C(C(C)=O)C(=O)OCC. The highest BCUT2D eigenvalue weighted by molar-refractivity contribution is 7.10. The Labute approximate surface area is 155 Å². The third kappa shape index (κ3) is 5.06. The summed E-state index contributed by atoms with van der Waals surface area (Å²) in [6, 6.07) is 1.59. The van der Waals surface area contributed by atoms with E-state index in [2.05, 4.69) is 0 Å². The van der Waals surface area contributed by atoms with Gasteiger partial charge in [-0.05, 0) is 39.1 Å². The minimum Gasteiger partial charge on any atom is -0.512 e. The Balaban J connectivity index is 3.60. The molecule has 0 fully saturated rings. The first kappa shape index (κ1) is 21.2. The smallest absolute Gasteiger partial charge is 0.338 e. The number of ketones is 1. The van der Waals surface area contributed by atoms with E-state index in [9.17, 15) is 19.5 Å². The summed E-state index contributed by atoms with van der Waals surface area (Å²) in [5, 5.41) is 12.0. The van der Waals surface area contributed by atoms with E-state index in [-0.39, 0.29) is 29.6 Å². The fourth-order valence-corrected chi connectivity index (χ4v) is 3.77. The van der Waals surface area contributed by atoms with Crippen molar-refractivity contribution < 1.29 is 29.0 Å². The maximum atomic E-state index is 12.4. The van der Waals surface area contributed by atoms with Crippen LogP contribution in [0.25, 0.3) is 0 Å². The molecular formula is C17H21ClO6S. The maximum Gasteiger partial charge on any atom is 0.338 e. The van der Waals surface area contributed by atoms with Crippen LogP contribution >= 0.6 is 22.9 Å². The van der Waals surface area contributed by atoms with Crippen molar-refractivity contribution >= 4 is 40.7 Å². The van der Waals surface area contributed by atoms with Gasteiger partial charge in [0.05, 0.1) is 29.7 Å². The van der Waals surface area contributed by atoms with Crippen molar-refractivity contribution in [3.05, 3.63) is 32.7 Å². The highest BCUT2D eigenvalue weighted by atomic mass is 35.5. The molecule has 0 aliphatic carbocycles. The number of thiophene rings is 1.